The fourth-order valence-electron chi connectivity index (χ4n) is 0.592. The molecule has 1 aromatic rings. The lowest BCUT2D eigenvalue weighted by molar-refractivity contribution is -0.140. The van der Waals surface area contributed by atoms with Gasteiger partial charge in [0.05, 0.1) is 5.70 Å². The molecule has 2 nitrogen and oxygen atoms in total. The summed E-state index contributed by atoms with van der Waals surface area (Å²) in [6.45, 7) is 0. The molecule has 0 atom stereocenters. The normalized spacial score (nSPS) is 13.4. The Morgan fingerprint density at radius 2 is 2.23 bits per heavy atom. The third kappa shape index (κ3) is 2.38. The molecule has 0 radical (unpaired) electrons. The number of thiol groups is 1. The molecule has 0 aliphatic rings. The van der Waals surface area contributed by atoms with E-state index in [1.165, 1.54) is 5.41 Å². The van der Waals surface area contributed by atoms with Crippen molar-refractivity contribution in [3.63, 3.8) is 0 Å². The van der Waals surface area contributed by atoms with E-state index in [1.54, 1.807) is 0 Å². The Hall–Kier alpha value is -0.690. The molecular formula is C6H5F3N2S2. The summed E-state index contributed by atoms with van der Waals surface area (Å²) in [6, 6.07) is 0. The van der Waals surface area contributed by atoms with Crippen molar-refractivity contribution in [3.8, 4) is 0 Å². The number of aromatic nitrogens is 1. The maximum absolute atomic E-state index is 12.0. The molecule has 0 aliphatic carbocycles. The topological polar surface area (TPSA) is 38.9 Å². The van der Waals surface area contributed by atoms with Crippen molar-refractivity contribution in [1.82, 2.24) is 4.98 Å². The quantitative estimate of drug-likeness (QED) is 0.721. The van der Waals surface area contributed by atoms with Gasteiger partial charge in [-0.3, -0.25) is 0 Å². The summed E-state index contributed by atoms with van der Waals surface area (Å²) in [5.74, 6) is 0. The van der Waals surface area contributed by atoms with Gasteiger partial charge in [-0.15, -0.1) is 24.0 Å². The Morgan fingerprint density at radius 1 is 1.62 bits per heavy atom. The molecule has 0 aromatic carbocycles. The Bertz CT molecular complexity index is 329. The highest BCUT2D eigenvalue weighted by atomic mass is 32.1. The van der Waals surface area contributed by atoms with Gasteiger partial charge in [0.15, 0.2) is 5.69 Å². The number of alkyl halides is 3. The standard InChI is InChI=1S/C6H5F3N2S2/c7-6(8,9)4-2-13-5(11-4)3(10)1-12/h1-2,12H,10H2/b3-1-. The van der Waals surface area contributed by atoms with Crippen LogP contribution in [0.15, 0.2) is 10.8 Å². The minimum atomic E-state index is -4.41. The summed E-state index contributed by atoms with van der Waals surface area (Å²) in [5.41, 5.74) is 4.52. The second kappa shape index (κ2) is 3.59. The van der Waals surface area contributed by atoms with Gasteiger partial charge in [0, 0.05) is 5.38 Å². The first-order chi connectivity index (χ1) is 5.95. The van der Waals surface area contributed by atoms with Crippen molar-refractivity contribution in [1.29, 1.82) is 0 Å². The van der Waals surface area contributed by atoms with Crippen LogP contribution in [0.1, 0.15) is 10.7 Å². The predicted octanol–water partition coefficient (Wildman–Crippen LogP) is 2.35. The monoisotopic (exact) mass is 226 g/mol. The molecule has 1 aromatic heterocycles. The predicted molar refractivity (Wildman–Crippen MR) is 48.3 cm³/mol. The Balaban J connectivity index is 3.00. The zero-order valence-electron chi connectivity index (χ0n) is 6.17. The summed E-state index contributed by atoms with van der Waals surface area (Å²) in [4.78, 5) is 3.30. The number of halogens is 3. The second-order valence-electron chi connectivity index (χ2n) is 2.12. The van der Waals surface area contributed by atoms with Gasteiger partial charge in [0.2, 0.25) is 0 Å². The molecule has 0 saturated heterocycles. The van der Waals surface area contributed by atoms with Gasteiger partial charge in [-0.05, 0) is 5.41 Å². The Labute approximate surface area is 81.7 Å². The smallest absolute Gasteiger partial charge is 0.396 e. The van der Waals surface area contributed by atoms with E-state index >= 15 is 0 Å². The van der Waals surface area contributed by atoms with Crippen LogP contribution >= 0.6 is 24.0 Å². The number of hydrogen-bond acceptors (Lipinski definition) is 4. The van der Waals surface area contributed by atoms with Gasteiger partial charge >= 0.3 is 6.18 Å². The van der Waals surface area contributed by atoms with E-state index in [2.05, 4.69) is 17.6 Å². The molecule has 1 rings (SSSR count). The number of nitrogens with zero attached hydrogens (tertiary/aromatic N) is 1. The molecule has 0 fully saturated rings. The SMILES string of the molecule is N/C(=C\S)c1nc(C(F)(F)F)cs1. The molecule has 72 valence electrons. The van der Waals surface area contributed by atoms with Crippen LogP contribution in [0.4, 0.5) is 13.2 Å². The lowest BCUT2D eigenvalue weighted by Crippen LogP contribution is -2.05. The summed E-state index contributed by atoms with van der Waals surface area (Å²) < 4.78 is 36.1. The third-order valence-electron chi connectivity index (χ3n) is 1.18. The molecule has 7 heteroatoms. The number of thiazole rings is 1. The first kappa shape index (κ1) is 10.4. The molecule has 0 saturated carbocycles. The van der Waals surface area contributed by atoms with E-state index in [1.807, 2.05) is 0 Å². The maximum Gasteiger partial charge on any atom is 0.434 e. The number of rotatable bonds is 1. The molecule has 13 heavy (non-hydrogen) atoms. The summed E-state index contributed by atoms with van der Waals surface area (Å²) in [6.07, 6.45) is -4.41. The third-order valence-corrected chi connectivity index (χ3v) is 2.35. The molecule has 0 bridgehead atoms. The molecule has 2 N–H and O–H groups in total. The largest absolute Gasteiger partial charge is 0.434 e. The maximum atomic E-state index is 12.0. The van der Waals surface area contributed by atoms with Crippen LogP contribution < -0.4 is 5.73 Å². The van der Waals surface area contributed by atoms with Gasteiger partial charge in [-0.25, -0.2) is 4.98 Å². The molecule has 1 heterocycles. The van der Waals surface area contributed by atoms with Gasteiger partial charge in [-0.1, -0.05) is 0 Å². The lowest BCUT2D eigenvalue weighted by atomic mass is 10.5. The van der Waals surface area contributed by atoms with Crippen LogP contribution in [-0.2, 0) is 6.18 Å². The zero-order chi connectivity index (χ0) is 10.1. The van der Waals surface area contributed by atoms with Crippen molar-refractivity contribution in [2.24, 2.45) is 5.73 Å². The molecule has 0 amide bonds. The van der Waals surface area contributed by atoms with Gasteiger partial charge < -0.3 is 5.73 Å². The lowest BCUT2D eigenvalue weighted by Gasteiger charge is -1.99. The van der Waals surface area contributed by atoms with Crippen molar-refractivity contribution in [2.75, 3.05) is 0 Å². The van der Waals surface area contributed by atoms with E-state index in [0.717, 1.165) is 16.7 Å². The van der Waals surface area contributed by atoms with Crippen LogP contribution in [0.3, 0.4) is 0 Å². The molecular weight excluding hydrogens is 221 g/mol. The van der Waals surface area contributed by atoms with Crippen LogP contribution in [0.25, 0.3) is 5.70 Å². The van der Waals surface area contributed by atoms with E-state index in [9.17, 15) is 13.2 Å². The van der Waals surface area contributed by atoms with Gasteiger partial charge in [-0.2, -0.15) is 13.2 Å². The van der Waals surface area contributed by atoms with Crippen LogP contribution in [0.2, 0.25) is 0 Å². The summed E-state index contributed by atoms with van der Waals surface area (Å²) in [7, 11) is 0. The Kier molecular flexibility index (Phi) is 2.87. The molecule has 0 aliphatic heterocycles. The van der Waals surface area contributed by atoms with E-state index < -0.39 is 11.9 Å². The highest BCUT2D eigenvalue weighted by Gasteiger charge is 2.33. The molecule has 0 spiro atoms. The van der Waals surface area contributed by atoms with Crippen LogP contribution in [0.5, 0.6) is 0 Å². The fraction of sp³-hybridized carbons (Fsp3) is 0.167. The van der Waals surface area contributed by atoms with Crippen molar-refractivity contribution in [2.45, 2.75) is 6.18 Å². The van der Waals surface area contributed by atoms with E-state index in [0.29, 0.717) is 0 Å². The Morgan fingerprint density at radius 3 is 2.62 bits per heavy atom. The fourth-order valence-corrected chi connectivity index (χ4v) is 1.56. The van der Waals surface area contributed by atoms with Crippen molar-refractivity contribution >= 4 is 29.7 Å². The zero-order valence-corrected chi connectivity index (χ0v) is 7.88. The van der Waals surface area contributed by atoms with E-state index in [4.69, 9.17) is 5.73 Å². The minimum absolute atomic E-state index is 0.127. The van der Waals surface area contributed by atoms with Gasteiger partial charge in [0.1, 0.15) is 5.01 Å². The van der Waals surface area contributed by atoms with Gasteiger partial charge in [0.25, 0.3) is 0 Å². The van der Waals surface area contributed by atoms with E-state index in [-0.39, 0.29) is 10.7 Å². The summed E-state index contributed by atoms with van der Waals surface area (Å²) in [5, 5.41) is 2.25. The van der Waals surface area contributed by atoms with Crippen molar-refractivity contribution in [3.05, 3.63) is 21.5 Å². The average Bonchev–Trinajstić information content (AvgIpc) is 2.50. The first-order valence-corrected chi connectivity index (χ1v) is 4.47. The first-order valence-electron chi connectivity index (χ1n) is 3.08. The van der Waals surface area contributed by atoms with Crippen molar-refractivity contribution < 1.29 is 13.2 Å². The second-order valence-corrected chi connectivity index (χ2v) is 3.24. The number of nitrogens with two attached hydrogens (primary N) is 1. The highest BCUT2D eigenvalue weighted by Crippen LogP contribution is 2.31. The average molecular weight is 226 g/mol. The van der Waals surface area contributed by atoms with Crippen LogP contribution in [-0.4, -0.2) is 4.98 Å². The summed E-state index contributed by atoms with van der Waals surface area (Å²) >= 11 is 4.54. The molecule has 0 unspecified atom stereocenters. The minimum Gasteiger partial charge on any atom is -0.396 e. The van der Waals surface area contributed by atoms with Crippen LogP contribution in [0, 0.1) is 0 Å². The number of hydrogen-bond donors (Lipinski definition) is 2. The highest BCUT2D eigenvalue weighted by molar-refractivity contribution is 7.83.